The zero-order valence-corrected chi connectivity index (χ0v) is 16.9. The summed E-state index contributed by atoms with van der Waals surface area (Å²) in [7, 11) is -3.67. The van der Waals surface area contributed by atoms with Crippen molar-refractivity contribution in [2.24, 2.45) is 0 Å². The lowest BCUT2D eigenvalue weighted by Crippen LogP contribution is -2.12. The molecule has 3 aromatic carbocycles. The first-order valence-electron chi connectivity index (χ1n) is 9.16. The number of rotatable bonds is 6. The van der Waals surface area contributed by atoms with E-state index in [-0.39, 0.29) is 17.1 Å². The van der Waals surface area contributed by atoms with Gasteiger partial charge in [-0.25, -0.2) is 8.42 Å². The van der Waals surface area contributed by atoms with Crippen molar-refractivity contribution in [1.82, 2.24) is 0 Å². The van der Waals surface area contributed by atoms with Crippen LogP contribution in [0.25, 0.3) is 0 Å². The van der Waals surface area contributed by atoms with E-state index >= 15 is 0 Å². The summed E-state index contributed by atoms with van der Waals surface area (Å²) in [5.74, 6) is 5.58. The van der Waals surface area contributed by atoms with Gasteiger partial charge in [-0.3, -0.25) is 9.52 Å². The number of sulfonamides is 1. The molecule has 0 unspecified atom stereocenters. The van der Waals surface area contributed by atoms with Crippen LogP contribution in [0.2, 0.25) is 0 Å². The number of hydrogen-bond acceptors (Lipinski definition) is 4. The lowest BCUT2D eigenvalue weighted by atomic mass is 10.1. The van der Waals surface area contributed by atoms with Gasteiger partial charge in [0, 0.05) is 17.7 Å². The molecule has 0 saturated carbocycles. The Morgan fingerprint density at radius 3 is 2.47 bits per heavy atom. The SMILES string of the molecule is Nc1ccccc1CC(=O)/C=C/C#Cc1cccc(NS(=O)(=O)c2ccccc2)c1. The zero-order valence-electron chi connectivity index (χ0n) is 16.1. The van der Waals surface area contributed by atoms with Crippen molar-refractivity contribution in [2.75, 3.05) is 10.5 Å². The monoisotopic (exact) mass is 416 g/mol. The molecule has 0 bridgehead atoms. The van der Waals surface area contributed by atoms with Crippen LogP contribution >= 0.6 is 0 Å². The molecule has 0 fully saturated rings. The molecule has 3 N–H and O–H groups in total. The van der Waals surface area contributed by atoms with Crippen molar-refractivity contribution in [2.45, 2.75) is 11.3 Å². The van der Waals surface area contributed by atoms with Gasteiger partial charge in [-0.1, -0.05) is 54.3 Å². The van der Waals surface area contributed by atoms with E-state index in [2.05, 4.69) is 16.6 Å². The number of hydrogen-bond donors (Lipinski definition) is 2. The second-order valence-electron chi connectivity index (χ2n) is 6.44. The van der Waals surface area contributed by atoms with Crippen molar-refractivity contribution >= 4 is 27.2 Å². The Hall–Kier alpha value is -3.82. The van der Waals surface area contributed by atoms with Crippen molar-refractivity contribution < 1.29 is 13.2 Å². The quantitative estimate of drug-likeness (QED) is 0.363. The minimum absolute atomic E-state index is 0.105. The molecule has 0 heterocycles. The standard InChI is InChI=1S/C24H20N2O3S/c25-24-16-7-5-11-20(24)18-22(27)13-6-4-9-19-10-8-12-21(17-19)26-30(28,29)23-14-2-1-3-15-23/h1-3,5-8,10-17,26H,18,25H2/b13-6+. The second kappa shape index (κ2) is 9.59. The third-order valence-corrected chi connectivity index (χ3v) is 5.55. The van der Waals surface area contributed by atoms with Gasteiger partial charge in [-0.05, 0) is 54.1 Å². The number of anilines is 2. The Kier molecular flexibility index (Phi) is 6.68. The third kappa shape index (κ3) is 5.84. The highest BCUT2D eigenvalue weighted by Gasteiger charge is 2.13. The van der Waals surface area contributed by atoms with Crippen LogP contribution in [0.4, 0.5) is 11.4 Å². The van der Waals surface area contributed by atoms with Crippen molar-refractivity contribution in [3.05, 3.63) is 102 Å². The summed E-state index contributed by atoms with van der Waals surface area (Å²) in [5, 5.41) is 0. The summed E-state index contributed by atoms with van der Waals surface area (Å²) in [6.07, 6.45) is 3.09. The summed E-state index contributed by atoms with van der Waals surface area (Å²) in [5.41, 5.74) is 8.23. The Balaban J connectivity index is 1.65. The lowest BCUT2D eigenvalue weighted by molar-refractivity contribution is -0.114. The van der Waals surface area contributed by atoms with E-state index in [9.17, 15) is 13.2 Å². The molecule has 0 radical (unpaired) electrons. The topological polar surface area (TPSA) is 89.3 Å². The summed E-state index contributed by atoms with van der Waals surface area (Å²) in [4.78, 5) is 12.2. The van der Waals surface area contributed by atoms with Gasteiger partial charge in [-0.2, -0.15) is 0 Å². The van der Waals surface area contributed by atoms with Crippen LogP contribution in [0.3, 0.4) is 0 Å². The van der Waals surface area contributed by atoms with Crippen LogP contribution in [-0.4, -0.2) is 14.2 Å². The average Bonchev–Trinajstić information content (AvgIpc) is 2.74. The first kappa shape index (κ1) is 20.9. The van der Waals surface area contributed by atoms with Crippen LogP contribution in [0.1, 0.15) is 11.1 Å². The molecule has 0 amide bonds. The Morgan fingerprint density at radius 1 is 0.967 bits per heavy atom. The molecule has 3 rings (SSSR count). The normalized spacial score (nSPS) is 10.9. The first-order valence-corrected chi connectivity index (χ1v) is 10.6. The molecule has 6 heteroatoms. The van der Waals surface area contributed by atoms with E-state index in [1.54, 1.807) is 48.5 Å². The highest BCUT2D eigenvalue weighted by atomic mass is 32.2. The fourth-order valence-electron chi connectivity index (χ4n) is 2.68. The zero-order chi connectivity index (χ0) is 21.4. The number of nitrogens with two attached hydrogens (primary N) is 1. The van der Waals surface area contributed by atoms with Crippen LogP contribution < -0.4 is 10.5 Å². The van der Waals surface area contributed by atoms with Crippen LogP contribution in [0, 0.1) is 11.8 Å². The average molecular weight is 417 g/mol. The lowest BCUT2D eigenvalue weighted by Gasteiger charge is -2.08. The van der Waals surface area contributed by atoms with Gasteiger partial charge in [0.1, 0.15) is 0 Å². The highest BCUT2D eigenvalue weighted by molar-refractivity contribution is 7.92. The molecule has 0 saturated heterocycles. The maximum atomic E-state index is 12.4. The molecule has 0 aliphatic carbocycles. The summed E-state index contributed by atoms with van der Waals surface area (Å²) in [6.45, 7) is 0. The largest absolute Gasteiger partial charge is 0.398 e. The predicted molar refractivity (Wildman–Crippen MR) is 119 cm³/mol. The molecule has 0 spiro atoms. The van der Waals surface area contributed by atoms with E-state index in [1.807, 2.05) is 18.2 Å². The van der Waals surface area contributed by atoms with Crippen molar-refractivity contribution in [1.29, 1.82) is 0 Å². The molecule has 0 aliphatic rings. The molecular formula is C24H20N2O3S. The van der Waals surface area contributed by atoms with E-state index in [1.165, 1.54) is 24.3 Å². The van der Waals surface area contributed by atoms with Gasteiger partial charge in [0.05, 0.1) is 10.6 Å². The van der Waals surface area contributed by atoms with Crippen LogP contribution in [-0.2, 0) is 21.2 Å². The summed E-state index contributed by atoms with van der Waals surface area (Å²) >= 11 is 0. The number of carbonyl (C=O) groups excluding carboxylic acids is 1. The van der Waals surface area contributed by atoms with Gasteiger partial charge >= 0.3 is 0 Å². The minimum atomic E-state index is -3.67. The number of nitrogens with one attached hydrogen (secondary N) is 1. The fourth-order valence-corrected chi connectivity index (χ4v) is 3.75. The molecule has 0 aromatic heterocycles. The van der Waals surface area contributed by atoms with Gasteiger partial charge in [-0.15, -0.1) is 0 Å². The Bertz CT molecular complexity index is 1240. The van der Waals surface area contributed by atoms with Crippen LogP contribution in [0.5, 0.6) is 0 Å². The van der Waals surface area contributed by atoms with Crippen molar-refractivity contribution in [3.8, 4) is 11.8 Å². The molecule has 5 nitrogen and oxygen atoms in total. The van der Waals surface area contributed by atoms with E-state index in [0.29, 0.717) is 16.9 Å². The molecule has 30 heavy (non-hydrogen) atoms. The Morgan fingerprint density at radius 2 is 1.70 bits per heavy atom. The number of allylic oxidation sites excluding steroid dienone is 2. The number of benzene rings is 3. The van der Waals surface area contributed by atoms with Gasteiger partial charge < -0.3 is 5.73 Å². The first-order chi connectivity index (χ1) is 14.4. The summed E-state index contributed by atoms with van der Waals surface area (Å²) < 4.78 is 27.4. The molecular weight excluding hydrogens is 396 g/mol. The van der Waals surface area contributed by atoms with Gasteiger partial charge in [0.25, 0.3) is 10.0 Å². The molecule has 150 valence electrons. The number of carbonyl (C=O) groups is 1. The van der Waals surface area contributed by atoms with E-state index in [0.717, 1.165) is 5.56 Å². The third-order valence-electron chi connectivity index (χ3n) is 4.16. The predicted octanol–water partition coefficient (Wildman–Crippen LogP) is 3.79. The number of para-hydroxylation sites is 1. The minimum Gasteiger partial charge on any atom is -0.398 e. The van der Waals surface area contributed by atoms with Crippen LogP contribution in [0.15, 0.2) is 95.9 Å². The highest BCUT2D eigenvalue weighted by Crippen LogP contribution is 2.16. The van der Waals surface area contributed by atoms with Gasteiger partial charge in [0.2, 0.25) is 0 Å². The second-order valence-corrected chi connectivity index (χ2v) is 8.13. The Labute approximate surface area is 176 Å². The number of nitrogen functional groups attached to an aromatic ring is 1. The molecule has 0 atom stereocenters. The fraction of sp³-hybridized carbons (Fsp3) is 0.0417. The van der Waals surface area contributed by atoms with E-state index < -0.39 is 10.0 Å². The maximum Gasteiger partial charge on any atom is 0.261 e. The smallest absolute Gasteiger partial charge is 0.261 e. The molecule has 3 aromatic rings. The van der Waals surface area contributed by atoms with E-state index in [4.69, 9.17) is 5.73 Å². The molecule has 0 aliphatic heterocycles. The van der Waals surface area contributed by atoms with Gasteiger partial charge in [0.15, 0.2) is 5.78 Å². The maximum absolute atomic E-state index is 12.4. The van der Waals surface area contributed by atoms with Crippen molar-refractivity contribution in [3.63, 3.8) is 0 Å². The summed E-state index contributed by atoms with van der Waals surface area (Å²) in [6, 6.07) is 22.1. The number of ketones is 1.